The molecule has 0 bridgehead atoms. The Morgan fingerprint density at radius 2 is 1.94 bits per heavy atom. The fraction of sp³-hybridized carbons (Fsp3) is 0.500. The smallest absolute Gasteiger partial charge is 0.251 e. The normalized spacial score (nSPS) is 10.3. The third kappa shape index (κ3) is 4.57. The zero-order chi connectivity index (χ0) is 12.7. The summed E-state index contributed by atoms with van der Waals surface area (Å²) in [5.41, 5.74) is 3.05. The van der Waals surface area contributed by atoms with Gasteiger partial charge < -0.3 is 10.4 Å². The van der Waals surface area contributed by atoms with Crippen molar-refractivity contribution in [2.24, 2.45) is 0 Å². The van der Waals surface area contributed by atoms with E-state index in [1.54, 1.807) is 0 Å². The van der Waals surface area contributed by atoms with Crippen LogP contribution in [0.5, 0.6) is 0 Å². The number of aliphatic hydroxyl groups excluding tert-OH is 1. The zero-order valence-corrected chi connectivity index (χ0v) is 10.6. The molecular weight excluding hydrogens is 214 g/mol. The van der Waals surface area contributed by atoms with Crippen molar-refractivity contribution < 1.29 is 9.90 Å². The molecule has 1 amide bonds. The van der Waals surface area contributed by atoms with Gasteiger partial charge in [-0.2, -0.15) is 0 Å². The van der Waals surface area contributed by atoms with Gasteiger partial charge in [0.15, 0.2) is 0 Å². The topological polar surface area (TPSA) is 49.3 Å². The molecule has 17 heavy (non-hydrogen) atoms. The van der Waals surface area contributed by atoms with Crippen molar-refractivity contribution >= 4 is 5.91 Å². The minimum absolute atomic E-state index is 0.0166. The summed E-state index contributed by atoms with van der Waals surface area (Å²) in [6.45, 7) is 4.94. The van der Waals surface area contributed by atoms with Crippen LogP contribution < -0.4 is 5.32 Å². The number of nitrogens with one attached hydrogen (secondary N) is 1. The third-order valence-corrected chi connectivity index (χ3v) is 2.89. The maximum atomic E-state index is 11.8. The van der Waals surface area contributed by atoms with Crippen molar-refractivity contribution in [3.05, 3.63) is 34.9 Å². The number of aryl methyl sites for hydroxylation is 2. The summed E-state index contributed by atoms with van der Waals surface area (Å²) >= 11 is 0. The average Bonchev–Trinajstić information content (AvgIpc) is 2.32. The Morgan fingerprint density at radius 3 is 2.59 bits per heavy atom. The Hall–Kier alpha value is -1.35. The summed E-state index contributed by atoms with van der Waals surface area (Å²) < 4.78 is 0. The van der Waals surface area contributed by atoms with Gasteiger partial charge in [0, 0.05) is 18.7 Å². The third-order valence-electron chi connectivity index (χ3n) is 2.89. The highest BCUT2D eigenvalue weighted by atomic mass is 16.2. The number of benzene rings is 1. The lowest BCUT2D eigenvalue weighted by molar-refractivity contribution is 0.0953. The van der Waals surface area contributed by atoms with E-state index in [-0.39, 0.29) is 12.5 Å². The lowest BCUT2D eigenvalue weighted by Crippen LogP contribution is -2.24. The van der Waals surface area contributed by atoms with Crippen LogP contribution in [0.25, 0.3) is 0 Å². The van der Waals surface area contributed by atoms with Crippen LogP contribution in [0.3, 0.4) is 0 Å². The van der Waals surface area contributed by atoms with Crippen molar-refractivity contribution in [3.63, 3.8) is 0 Å². The van der Waals surface area contributed by atoms with Crippen molar-refractivity contribution in [2.75, 3.05) is 13.2 Å². The number of carbonyl (C=O) groups is 1. The Morgan fingerprint density at radius 1 is 1.18 bits per heavy atom. The molecule has 0 aliphatic rings. The van der Waals surface area contributed by atoms with Crippen LogP contribution in [0, 0.1) is 13.8 Å². The molecule has 0 heterocycles. The highest BCUT2D eigenvalue weighted by molar-refractivity contribution is 5.94. The van der Waals surface area contributed by atoms with E-state index in [0.717, 1.165) is 30.4 Å². The Balaban J connectivity index is 2.39. The highest BCUT2D eigenvalue weighted by Crippen LogP contribution is 2.09. The van der Waals surface area contributed by atoms with Crippen LogP contribution >= 0.6 is 0 Å². The van der Waals surface area contributed by atoms with Crippen LogP contribution in [0.4, 0.5) is 0 Å². The number of hydrogen-bond donors (Lipinski definition) is 2. The molecule has 3 heteroatoms. The van der Waals surface area contributed by atoms with E-state index in [1.165, 1.54) is 5.56 Å². The average molecular weight is 235 g/mol. The second-order valence-electron chi connectivity index (χ2n) is 4.34. The Bertz CT molecular complexity index is 374. The molecule has 1 rings (SSSR count). The van der Waals surface area contributed by atoms with Crippen LogP contribution in [0.15, 0.2) is 18.2 Å². The Kier molecular flexibility index (Phi) is 5.70. The van der Waals surface area contributed by atoms with E-state index < -0.39 is 0 Å². The molecule has 0 aromatic heterocycles. The van der Waals surface area contributed by atoms with Gasteiger partial charge in [-0.25, -0.2) is 0 Å². The first-order valence-corrected chi connectivity index (χ1v) is 6.11. The summed E-state index contributed by atoms with van der Waals surface area (Å²) in [6.07, 6.45) is 2.67. The van der Waals surface area contributed by atoms with Crippen molar-refractivity contribution in [1.82, 2.24) is 5.32 Å². The lowest BCUT2D eigenvalue weighted by atomic mass is 10.1. The van der Waals surface area contributed by atoms with Gasteiger partial charge in [-0.15, -0.1) is 0 Å². The predicted octanol–water partition coefficient (Wildman–Crippen LogP) is 2.20. The number of aliphatic hydroxyl groups is 1. The molecule has 0 aliphatic carbocycles. The number of carbonyl (C=O) groups excluding carboxylic acids is 1. The van der Waals surface area contributed by atoms with E-state index in [9.17, 15) is 4.79 Å². The number of hydrogen-bond acceptors (Lipinski definition) is 2. The van der Waals surface area contributed by atoms with E-state index in [1.807, 2.05) is 32.0 Å². The lowest BCUT2D eigenvalue weighted by Gasteiger charge is -2.07. The van der Waals surface area contributed by atoms with E-state index in [4.69, 9.17) is 5.11 Å². The van der Waals surface area contributed by atoms with Gasteiger partial charge >= 0.3 is 0 Å². The molecule has 0 saturated carbocycles. The van der Waals surface area contributed by atoms with Crippen molar-refractivity contribution in [2.45, 2.75) is 33.1 Å². The largest absolute Gasteiger partial charge is 0.396 e. The van der Waals surface area contributed by atoms with Gasteiger partial charge in [0.25, 0.3) is 5.91 Å². The van der Waals surface area contributed by atoms with Gasteiger partial charge in [0.1, 0.15) is 0 Å². The van der Waals surface area contributed by atoms with Gasteiger partial charge in [-0.1, -0.05) is 6.07 Å². The maximum absolute atomic E-state index is 11.8. The predicted molar refractivity (Wildman–Crippen MR) is 69.2 cm³/mol. The minimum atomic E-state index is -0.0166. The second kappa shape index (κ2) is 7.07. The van der Waals surface area contributed by atoms with E-state index in [0.29, 0.717) is 6.54 Å². The molecule has 94 valence electrons. The van der Waals surface area contributed by atoms with Crippen LogP contribution in [0.2, 0.25) is 0 Å². The van der Waals surface area contributed by atoms with Gasteiger partial charge in [-0.05, 0) is 56.4 Å². The summed E-state index contributed by atoms with van der Waals surface area (Å²) in [4.78, 5) is 11.8. The van der Waals surface area contributed by atoms with Gasteiger partial charge in [0.2, 0.25) is 0 Å². The van der Waals surface area contributed by atoms with Gasteiger partial charge in [-0.3, -0.25) is 4.79 Å². The maximum Gasteiger partial charge on any atom is 0.251 e. The van der Waals surface area contributed by atoms with Gasteiger partial charge in [0.05, 0.1) is 0 Å². The number of rotatable bonds is 6. The fourth-order valence-corrected chi connectivity index (χ4v) is 1.60. The first-order valence-electron chi connectivity index (χ1n) is 6.11. The number of unbranched alkanes of at least 4 members (excludes halogenated alkanes) is 2. The molecule has 1 aromatic carbocycles. The number of amides is 1. The second-order valence-corrected chi connectivity index (χ2v) is 4.34. The molecule has 3 nitrogen and oxygen atoms in total. The SMILES string of the molecule is Cc1ccc(C(=O)NCCCCCO)cc1C. The standard InChI is InChI=1S/C14H21NO2/c1-11-6-7-13(10-12(11)2)14(17)15-8-4-3-5-9-16/h6-7,10,16H,3-5,8-9H2,1-2H3,(H,15,17). The van der Waals surface area contributed by atoms with Crippen molar-refractivity contribution in [3.8, 4) is 0 Å². The quantitative estimate of drug-likeness (QED) is 0.743. The van der Waals surface area contributed by atoms with Crippen LogP contribution in [-0.4, -0.2) is 24.2 Å². The fourth-order valence-electron chi connectivity index (χ4n) is 1.60. The Labute approximate surface area is 103 Å². The summed E-state index contributed by atoms with van der Waals surface area (Å²) in [5, 5.41) is 11.5. The molecule has 1 aromatic rings. The van der Waals surface area contributed by atoms with Crippen molar-refractivity contribution in [1.29, 1.82) is 0 Å². The molecule has 0 unspecified atom stereocenters. The molecule has 0 spiro atoms. The van der Waals surface area contributed by atoms with E-state index >= 15 is 0 Å². The first-order chi connectivity index (χ1) is 8.15. The monoisotopic (exact) mass is 235 g/mol. The molecule has 0 aliphatic heterocycles. The van der Waals surface area contributed by atoms with Crippen LogP contribution in [0.1, 0.15) is 40.7 Å². The summed E-state index contributed by atoms with van der Waals surface area (Å²) in [7, 11) is 0. The minimum Gasteiger partial charge on any atom is -0.396 e. The van der Waals surface area contributed by atoms with Crippen LogP contribution in [-0.2, 0) is 0 Å². The summed E-state index contributed by atoms with van der Waals surface area (Å²) in [6, 6.07) is 5.74. The molecule has 0 atom stereocenters. The zero-order valence-electron chi connectivity index (χ0n) is 10.6. The molecular formula is C14H21NO2. The molecule has 0 radical (unpaired) electrons. The molecule has 0 saturated heterocycles. The first kappa shape index (κ1) is 13.7. The highest BCUT2D eigenvalue weighted by Gasteiger charge is 2.05. The van der Waals surface area contributed by atoms with E-state index in [2.05, 4.69) is 5.32 Å². The summed E-state index contributed by atoms with van der Waals surface area (Å²) in [5.74, 6) is -0.0166. The molecule has 2 N–H and O–H groups in total. The molecule has 0 fully saturated rings.